The summed E-state index contributed by atoms with van der Waals surface area (Å²) in [5.41, 5.74) is 0.612. The van der Waals surface area contributed by atoms with Gasteiger partial charge in [-0.25, -0.2) is 14.2 Å². The summed E-state index contributed by atoms with van der Waals surface area (Å²) < 4.78 is 53.2. The van der Waals surface area contributed by atoms with E-state index in [1.807, 2.05) is 42.6 Å². The maximum Gasteiger partial charge on any atom is 0.416 e. The number of piperidine rings is 1. The van der Waals surface area contributed by atoms with Crippen LogP contribution in [0.15, 0.2) is 60.8 Å². The number of carbonyl (C=O) groups is 1. The molecule has 2 aliphatic rings. The second-order valence-electron chi connectivity index (χ2n) is 9.20. The van der Waals surface area contributed by atoms with Crippen LogP contribution in [-0.4, -0.2) is 57.3 Å². The van der Waals surface area contributed by atoms with Crippen molar-refractivity contribution in [2.24, 2.45) is 0 Å². The number of aliphatic carboxylic acids is 1. The lowest BCUT2D eigenvalue weighted by Gasteiger charge is -2.35. The Bertz CT molecular complexity index is 1340. The van der Waals surface area contributed by atoms with Gasteiger partial charge in [0.1, 0.15) is 5.82 Å². The van der Waals surface area contributed by atoms with Crippen LogP contribution in [0, 0.1) is 0 Å². The number of imidazole rings is 1. The Morgan fingerprint density at radius 3 is 2.42 bits per heavy atom. The van der Waals surface area contributed by atoms with Gasteiger partial charge in [-0.1, -0.05) is 36.4 Å². The fraction of sp³-hybridized carbons (Fsp3) is 0.308. The fourth-order valence-corrected chi connectivity index (χ4v) is 4.54. The molecule has 5 rings (SSSR count). The van der Waals surface area contributed by atoms with Gasteiger partial charge in [0.25, 0.3) is 0 Å². The Hall–Kier alpha value is -3.66. The third kappa shape index (κ3) is 4.86. The van der Waals surface area contributed by atoms with Gasteiger partial charge in [-0.2, -0.15) is 13.2 Å². The lowest BCUT2D eigenvalue weighted by Crippen LogP contribution is -2.49. The zero-order chi connectivity index (χ0) is 25.5. The van der Waals surface area contributed by atoms with E-state index in [4.69, 9.17) is 5.11 Å². The lowest BCUT2D eigenvalue weighted by molar-refractivity contribution is -0.154. The number of H-pyrrole nitrogens is 1. The van der Waals surface area contributed by atoms with E-state index in [1.165, 1.54) is 6.07 Å². The van der Waals surface area contributed by atoms with Crippen LogP contribution < -0.4 is 5.32 Å². The number of alkyl halides is 4. The van der Waals surface area contributed by atoms with Crippen LogP contribution in [0.4, 0.5) is 17.6 Å². The number of aromatic nitrogens is 2. The second kappa shape index (κ2) is 9.09. The lowest BCUT2D eigenvalue weighted by atomic mass is 9.93. The number of benzene rings is 2. The van der Waals surface area contributed by atoms with Gasteiger partial charge in [0.05, 0.1) is 22.6 Å². The molecule has 3 aromatic rings. The number of allylic oxidation sites excluding steroid dienone is 2. The summed E-state index contributed by atoms with van der Waals surface area (Å²) >= 11 is 0. The van der Waals surface area contributed by atoms with Crippen LogP contribution in [0.2, 0.25) is 0 Å². The molecular formula is C26H24F4N4O2. The summed E-state index contributed by atoms with van der Waals surface area (Å²) in [6.07, 6.45) is 1.48. The topological polar surface area (TPSA) is 81.2 Å². The minimum absolute atomic E-state index is 0.0130. The molecule has 36 heavy (non-hydrogen) atoms. The van der Waals surface area contributed by atoms with E-state index in [2.05, 4.69) is 20.2 Å². The molecule has 1 atom stereocenters. The van der Waals surface area contributed by atoms with Crippen LogP contribution in [0.3, 0.4) is 0 Å². The fourth-order valence-electron chi connectivity index (χ4n) is 4.54. The Morgan fingerprint density at radius 2 is 1.81 bits per heavy atom. The van der Waals surface area contributed by atoms with E-state index in [-0.39, 0.29) is 18.9 Å². The molecule has 1 fully saturated rings. The SMILES string of the molecule is O=C(O)C1(F)CCN(CC2C=CC(c3ccc(-c4nc5ccc(C(F)(F)F)cc5[nH]4)cc3)=CN2)CC1. The number of dihydropyridines is 1. The first kappa shape index (κ1) is 24.1. The predicted molar refractivity (Wildman–Crippen MR) is 128 cm³/mol. The molecule has 0 spiro atoms. The van der Waals surface area contributed by atoms with Crippen molar-refractivity contribution in [2.75, 3.05) is 19.6 Å². The average molecular weight is 500 g/mol. The van der Waals surface area contributed by atoms with Crippen LogP contribution in [0.5, 0.6) is 0 Å². The zero-order valence-corrected chi connectivity index (χ0v) is 19.1. The van der Waals surface area contributed by atoms with Gasteiger partial charge in [-0.15, -0.1) is 0 Å². The molecule has 6 nitrogen and oxygen atoms in total. The van der Waals surface area contributed by atoms with Crippen molar-refractivity contribution in [2.45, 2.75) is 30.7 Å². The second-order valence-corrected chi connectivity index (χ2v) is 9.20. The molecule has 3 heterocycles. The van der Waals surface area contributed by atoms with Crippen molar-refractivity contribution in [3.05, 3.63) is 71.9 Å². The van der Waals surface area contributed by atoms with Crippen LogP contribution >= 0.6 is 0 Å². The highest BCUT2D eigenvalue weighted by Crippen LogP contribution is 2.32. The first-order chi connectivity index (χ1) is 17.1. The highest BCUT2D eigenvalue weighted by molar-refractivity contribution is 5.81. The largest absolute Gasteiger partial charge is 0.479 e. The van der Waals surface area contributed by atoms with Gasteiger partial charge < -0.3 is 20.3 Å². The van der Waals surface area contributed by atoms with Crippen molar-refractivity contribution in [3.63, 3.8) is 0 Å². The molecule has 0 radical (unpaired) electrons. The van der Waals surface area contributed by atoms with E-state index < -0.39 is 23.4 Å². The standard InChI is InChI=1S/C26H24F4N4O2/c27-25(24(35)36)9-11-34(12-10-25)15-20-7-5-18(14-31-20)16-1-3-17(4-2-16)23-32-21-8-6-19(26(28,29)30)13-22(21)33-23/h1-8,13-14,20,31H,9-12,15H2,(H,32,33)(H,35,36). The molecule has 2 aliphatic heterocycles. The quantitative estimate of drug-likeness (QED) is 0.430. The summed E-state index contributed by atoms with van der Waals surface area (Å²) in [4.78, 5) is 20.5. The van der Waals surface area contributed by atoms with Crippen molar-refractivity contribution in [1.82, 2.24) is 20.2 Å². The number of likely N-dealkylation sites (tertiary alicyclic amines) is 1. The monoisotopic (exact) mass is 500 g/mol. The minimum Gasteiger partial charge on any atom is -0.479 e. The maximum atomic E-state index is 14.2. The number of rotatable bonds is 5. The number of hydrogen-bond acceptors (Lipinski definition) is 4. The number of nitrogens with zero attached hydrogens (tertiary/aromatic N) is 2. The van der Waals surface area contributed by atoms with Gasteiger partial charge in [0.2, 0.25) is 5.67 Å². The van der Waals surface area contributed by atoms with E-state index in [1.54, 1.807) is 0 Å². The number of hydrogen-bond donors (Lipinski definition) is 3. The Balaban J connectivity index is 1.21. The van der Waals surface area contributed by atoms with Crippen molar-refractivity contribution < 1.29 is 27.5 Å². The Morgan fingerprint density at radius 1 is 1.11 bits per heavy atom. The third-order valence-electron chi connectivity index (χ3n) is 6.75. The first-order valence-corrected chi connectivity index (χ1v) is 11.6. The first-order valence-electron chi connectivity index (χ1n) is 11.6. The summed E-state index contributed by atoms with van der Waals surface area (Å²) in [5.74, 6) is -0.892. The molecule has 10 heteroatoms. The van der Waals surface area contributed by atoms with Gasteiger partial charge in [0.15, 0.2) is 0 Å². The Labute approximate surface area is 204 Å². The number of aromatic amines is 1. The van der Waals surface area contributed by atoms with Gasteiger partial charge in [0, 0.05) is 44.2 Å². The number of carboxylic acids is 1. The smallest absolute Gasteiger partial charge is 0.416 e. The summed E-state index contributed by atoms with van der Waals surface area (Å²) in [6, 6.07) is 11.0. The third-order valence-corrected chi connectivity index (χ3v) is 6.75. The van der Waals surface area contributed by atoms with Crippen molar-refractivity contribution in [3.8, 4) is 11.4 Å². The molecule has 3 N–H and O–H groups in total. The number of carboxylic acid groups (broad SMARTS) is 1. The van der Waals surface area contributed by atoms with Crippen LogP contribution in [0.1, 0.15) is 24.0 Å². The van der Waals surface area contributed by atoms with Gasteiger partial charge in [-0.05, 0) is 29.3 Å². The maximum absolute atomic E-state index is 14.2. The van der Waals surface area contributed by atoms with E-state index in [9.17, 15) is 22.4 Å². The molecule has 0 saturated carbocycles. The molecule has 1 unspecified atom stereocenters. The molecule has 2 aromatic carbocycles. The van der Waals surface area contributed by atoms with E-state index in [0.29, 0.717) is 36.5 Å². The summed E-state index contributed by atoms with van der Waals surface area (Å²) in [6.45, 7) is 1.44. The van der Waals surface area contributed by atoms with Crippen molar-refractivity contribution >= 4 is 22.6 Å². The molecule has 1 saturated heterocycles. The molecule has 0 amide bonds. The predicted octanol–water partition coefficient (Wildman–Crippen LogP) is 5.01. The van der Waals surface area contributed by atoms with Gasteiger partial charge in [-0.3, -0.25) is 0 Å². The molecule has 188 valence electrons. The number of halogens is 4. The average Bonchev–Trinajstić information content (AvgIpc) is 3.29. The van der Waals surface area contributed by atoms with E-state index >= 15 is 0 Å². The normalized spacial score (nSPS) is 20.2. The zero-order valence-electron chi connectivity index (χ0n) is 19.1. The summed E-state index contributed by atoms with van der Waals surface area (Å²) in [7, 11) is 0. The minimum atomic E-state index is -4.41. The van der Waals surface area contributed by atoms with E-state index in [0.717, 1.165) is 28.8 Å². The summed E-state index contributed by atoms with van der Waals surface area (Å²) in [5, 5.41) is 12.4. The molecular weight excluding hydrogens is 476 g/mol. The highest BCUT2D eigenvalue weighted by Gasteiger charge is 2.42. The highest BCUT2D eigenvalue weighted by atomic mass is 19.4. The number of nitrogens with one attached hydrogen (secondary N) is 2. The molecule has 0 aliphatic carbocycles. The van der Waals surface area contributed by atoms with Crippen molar-refractivity contribution in [1.29, 1.82) is 0 Å². The van der Waals surface area contributed by atoms with Gasteiger partial charge >= 0.3 is 12.1 Å². The van der Waals surface area contributed by atoms with Crippen LogP contribution in [-0.2, 0) is 11.0 Å². The number of fused-ring (bicyclic) bond motifs is 1. The molecule has 1 aromatic heterocycles. The molecule has 0 bridgehead atoms. The Kier molecular flexibility index (Phi) is 6.07. The van der Waals surface area contributed by atoms with Crippen LogP contribution in [0.25, 0.3) is 28.0 Å².